The first-order valence-electron chi connectivity index (χ1n) is 29.7. The van der Waals surface area contributed by atoms with Crippen molar-refractivity contribution >= 4 is 75.8 Å². The molecule has 0 fully saturated rings. The molecule has 0 aliphatic heterocycles. The molecule has 1 aromatic heterocycles. The van der Waals surface area contributed by atoms with Gasteiger partial charge in [-0.2, -0.15) is 0 Å². The van der Waals surface area contributed by atoms with E-state index in [2.05, 4.69) is 0 Å². The first-order chi connectivity index (χ1) is 37.4. The van der Waals surface area contributed by atoms with Crippen molar-refractivity contribution in [1.29, 1.82) is 0 Å². The molecule has 0 radical (unpaired) electrons. The van der Waals surface area contributed by atoms with Gasteiger partial charge in [0.25, 0.3) is 0 Å². The van der Waals surface area contributed by atoms with Crippen LogP contribution in [0.3, 0.4) is 0 Å². The van der Waals surface area contributed by atoms with Crippen molar-refractivity contribution in [3.8, 4) is 33.4 Å². The van der Waals surface area contributed by atoms with E-state index in [4.69, 9.17) is 29.1 Å². The van der Waals surface area contributed by atoms with Gasteiger partial charge < -0.3 is 4.42 Å². The summed E-state index contributed by atoms with van der Waals surface area (Å²) in [5.74, 6) is 0. The van der Waals surface area contributed by atoms with Gasteiger partial charge in [0.15, 0.2) is 0 Å². The molecule has 1 heteroatoms. The van der Waals surface area contributed by atoms with Crippen LogP contribution in [0.25, 0.3) is 109 Å². The summed E-state index contributed by atoms with van der Waals surface area (Å²) < 4.78 is 270. The summed E-state index contributed by atoms with van der Waals surface area (Å²) in [6, 6.07) is -25.0. The van der Waals surface area contributed by atoms with E-state index in [1.54, 1.807) is 0 Å². The highest BCUT2D eigenvalue weighted by Gasteiger charge is 2.19. The normalized spacial score (nSPS) is 19.9. The lowest BCUT2D eigenvalue weighted by atomic mass is 9.85. The van der Waals surface area contributed by atoms with Gasteiger partial charge in [-0.05, 0) is 117 Å². The standard InChI is InChI=1S/C50H30O/c1-4-17-37-31(12-1)24-27-47-50(37)45-30-35(25-26-46(45)51-47)49-42-22-9-7-20-40(42)48(41-21-8-10-23-43(41)49)34-15-11-14-32(28-34)44-29-33-13-2-3-16-36(33)38-18-5-6-19-39(38)44/h1-30H/i1D,2D,3D,4D,5D,6D,7D,8D,9D,10D,11D,12D,13D,15D,16D,17D,18D,19D,20D,21D,22D,23D,24D,25D,26D,27D,28D,29D,30D. The lowest BCUT2D eigenvalue weighted by Crippen LogP contribution is -1.91. The second-order valence-corrected chi connectivity index (χ2v) is 11.3. The van der Waals surface area contributed by atoms with Crippen molar-refractivity contribution in [3.63, 3.8) is 0 Å². The zero-order valence-electron chi connectivity index (χ0n) is 54.5. The van der Waals surface area contributed by atoms with Crippen molar-refractivity contribution in [3.05, 3.63) is 181 Å². The van der Waals surface area contributed by atoms with Crippen LogP contribution < -0.4 is 0 Å². The van der Waals surface area contributed by atoms with Gasteiger partial charge in [-0.25, -0.2) is 0 Å². The highest BCUT2D eigenvalue weighted by Crippen LogP contribution is 2.46. The molecule has 0 N–H and O–H groups in total. The van der Waals surface area contributed by atoms with Gasteiger partial charge in [0, 0.05) is 10.8 Å². The lowest BCUT2D eigenvalue weighted by Gasteiger charge is -2.18. The molecule has 0 aliphatic carbocycles. The van der Waals surface area contributed by atoms with Gasteiger partial charge in [-0.3, -0.25) is 0 Å². The van der Waals surface area contributed by atoms with Crippen molar-refractivity contribution in [2.24, 2.45) is 0 Å². The molecule has 11 aromatic rings. The minimum atomic E-state index is -1.02. The molecule has 1 nitrogen and oxygen atoms in total. The molecule has 10 aromatic carbocycles. The summed E-state index contributed by atoms with van der Waals surface area (Å²) in [5, 5.41) is -7.10. The van der Waals surface area contributed by atoms with Crippen molar-refractivity contribution in [1.82, 2.24) is 0 Å². The average Bonchev–Trinajstić information content (AvgIpc) is 3.24. The van der Waals surface area contributed by atoms with Gasteiger partial charge in [0.05, 0.1) is 39.8 Å². The number of benzene rings is 10. The zero-order chi connectivity index (χ0) is 58.7. The third-order valence-electron chi connectivity index (χ3n) is 8.64. The summed E-state index contributed by atoms with van der Waals surface area (Å²) in [7, 11) is 0. The Hall–Kier alpha value is -6.70. The van der Waals surface area contributed by atoms with Crippen molar-refractivity contribution < 1.29 is 44.2 Å². The van der Waals surface area contributed by atoms with Gasteiger partial charge in [0.2, 0.25) is 0 Å². The zero-order valence-corrected chi connectivity index (χ0v) is 25.5. The van der Waals surface area contributed by atoms with Crippen molar-refractivity contribution in [2.75, 3.05) is 0 Å². The fraction of sp³-hybridized carbons (Fsp3) is 0. The quantitative estimate of drug-likeness (QED) is 0.134. The Morgan fingerprint density at radius 1 is 0.333 bits per heavy atom. The minimum Gasteiger partial charge on any atom is -0.456 e. The maximum atomic E-state index is 10.1. The van der Waals surface area contributed by atoms with E-state index in [9.17, 15) is 15.1 Å². The molecule has 0 bridgehead atoms. The molecule has 1 heterocycles. The van der Waals surface area contributed by atoms with E-state index < -0.39 is 284 Å². The molecule has 0 saturated heterocycles. The van der Waals surface area contributed by atoms with Crippen LogP contribution in [-0.4, -0.2) is 0 Å². The molecule has 0 unspecified atom stereocenters. The van der Waals surface area contributed by atoms with Crippen LogP contribution in [-0.2, 0) is 0 Å². The summed E-state index contributed by atoms with van der Waals surface area (Å²) in [4.78, 5) is 0. The Bertz CT molecular complexity index is 4790. The Labute approximate surface area is 335 Å². The molecular formula is C50H30O. The number of rotatable bonds is 3. The summed E-state index contributed by atoms with van der Waals surface area (Å²) in [5.41, 5.74) is -5.55. The molecule has 51 heavy (non-hydrogen) atoms. The fourth-order valence-corrected chi connectivity index (χ4v) is 6.52. The Balaban J connectivity index is 1.41. The summed E-state index contributed by atoms with van der Waals surface area (Å²) >= 11 is 0. The maximum absolute atomic E-state index is 10.1. The van der Waals surface area contributed by atoms with Crippen LogP contribution >= 0.6 is 0 Å². The van der Waals surface area contributed by atoms with Gasteiger partial charge in [-0.1, -0.05) is 151 Å². The predicted molar refractivity (Wildman–Crippen MR) is 218 cm³/mol. The van der Waals surface area contributed by atoms with Crippen LogP contribution in [0, 0.1) is 0 Å². The highest BCUT2D eigenvalue weighted by atomic mass is 16.3. The van der Waals surface area contributed by atoms with E-state index in [-0.39, 0.29) is 0 Å². The molecule has 0 saturated carbocycles. The van der Waals surface area contributed by atoms with Gasteiger partial charge in [0.1, 0.15) is 11.2 Å². The average molecular weight is 676 g/mol. The monoisotopic (exact) mass is 675 g/mol. The highest BCUT2D eigenvalue weighted by molar-refractivity contribution is 6.24. The molecule has 11 rings (SSSR count). The predicted octanol–water partition coefficient (Wildman–Crippen LogP) is 14.4. The topological polar surface area (TPSA) is 13.1 Å². The third kappa shape index (κ3) is 4.22. The van der Waals surface area contributed by atoms with Crippen LogP contribution in [0.2, 0.25) is 0 Å². The van der Waals surface area contributed by atoms with Crippen LogP contribution in [0.5, 0.6) is 0 Å². The van der Waals surface area contributed by atoms with Crippen LogP contribution in [0.15, 0.2) is 186 Å². The van der Waals surface area contributed by atoms with E-state index in [1.165, 1.54) is 0 Å². The number of hydrogen-bond donors (Lipinski definition) is 0. The van der Waals surface area contributed by atoms with Crippen LogP contribution in [0.1, 0.15) is 39.8 Å². The molecule has 236 valence electrons. The molecule has 0 aliphatic rings. The third-order valence-corrected chi connectivity index (χ3v) is 8.64. The van der Waals surface area contributed by atoms with Gasteiger partial charge >= 0.3 is 0 Å². The first-order valence-corrected chi connectivity index (χ1v) is 15.2. The number of fused-ring (bicyclic) bond motifs is 10. The second kappa shape index (κ2) is 10.9. The largest absolute Gasteiger partial charge is 0.456 e. The van der Waals surface area contributed by atoms with Crippen molar-refractivity contribution in [2.45, 2.75) is 0 Å². The first kappa shape index (κ1) is 12.0. The van der Waals surface area contributed by atoms with E-state index >= 15 is 0 Å². The number of hydrogen-bond acceptors (Lipinski definition) is 1. The van der Waals surface area contributed by atoms with Gasteiger partial charge in [-0.15, -0.1) is 0 Å². The lowest BCUT2D eigenvalue weighted by molar-refractivity contribution is 0.669. The SMILES string of the molecule is [2H]c1cc(-c2c([2H])c3c([2H])c([2H])c([2H])c([2H])c3c3c([2H])c([2H])c([2H])c([2H])c23)c([2H])c(-c2c3c([2H])c([2H])c([2H])c([2H])c3c(-c3c([2H])c([2H])c4oc5c([2H])c([2H])c6c([2H])c([2H])c([2H])c([2H])c6c5c4c3[2H])c3c([2H])c([2H])c([2H])c([2H])c23)c1[2H]. The minimum absolute atomic E-state index is 0.412. The Morgan fingerprint density at radius 2 is 0.882 bits per heavy atom. The smallest absolute Gasteiger partial charge is 0.136 e. The fourth-order valence-electron chi connectivity index (χ4n) is 6.52. The van der Waals surface area contributed by atoms with E-state index in [0.717, 1.165) is 6.07 Å². The molecule has 0 amide bonds. The molecular weight excluding hydrogens is 617 g/mol. The van der Waals surface area contributed by atoms with E-state index in [1.807, 2.05) is 0 Å². The molecule has 0 spiro atoms. The maximum Gasteiger partial charge on any atom is 0.136 e. The Kier molecular flexibility index (Phi) is 2.56. The Morgan fingerprint density at radius 3 is 1.59 bits per heavy atom. The summed E-state index contributed by atoms with van der Waals surface area (Å²) in [6.45, 7) is 0. The second-order valence-electron chi connectivity index (χ2n) is 11.3. The van der Waals surface area contributed by atoms with E-state index in [0.29, 0.717) is 0 Å². The van der Waals surface area contributed by atoms with Crippen LogP contribution in [0.4, 0.5) is 0 Å². The molecule has 0 atom stereocenters. The summed E-state index contributed by atoms with van der Waals surface area (Å²) in [6.07, 6.45) is 0. The number of furan rings is 1.